The molecule has 0 unspecified atom stereocenters. The molecule has 84 valence electrons. The molecule has 0 aliphatic carbocycles. The molecule has 16 heavy (non-hydrogen) atoms. The first kappa shape index (κ1) is 11.8. The number of nitrogens with one attached hydrogen (secondary N) is 1. The van der Waals surface area contributed by atoms with Crippen LogP contribution in [0.15, 0.2) is 34.9 Å². The van der Waals surface area contributed by atoms with Gasteiger partial charge in [0.2, 0.25) is 0 Å². The minimum absolute atomic E-state index is 0.691. The zero-order valence-corrected chi connectivity index (χ0v) is 11.7. The van der Waals surface area contributed by atoms with E-state index in [-0.39, 0.29) is 0 Å². The van der Waals surface area contributed by atoms with Crippen LogP contribution in [0.4, 0.5) is 5.69 Å². The van der Waals surface area contributed by atoms with Crippen molar-refractivity contribution in [3.05, 3.63) is 50.4 Å². The summed E-state index contributed by atoms with van der Waals surface area (Å²) in [4.78, 5) is 0. The van der Waals surface area contributed by atoms with Crippen LogP contribution in [-0.2, 0) is 6.54 Å². The Labute approximate surface area is 113 Å². The first-order valence-corrected chi connectivity index (χ1v) is 6.34. The molecule has 2 aromatic rings. The molecule has 0 spiro atoms. The van der Waals surface area contributed by atoms with Gasteiger partial charge in [0.25, 0.3) is 0 Å². The maximum absolute atomic E-state index is 5.89. The van der Waals surface area contributed by atoms with Crippen molar-refractivity contribution in [2.45, 2.75) is 13.5 Å². The van der Waals surface area contributed by atoms with Gasteiger partial charge < -0.3 is 9.73 Å². The summed E-state index contributed by atoms with van der Waals surface area (Å²) >= 11 is 8.15. The Morgan fingerprint density at radius 3 is 2.81 bits per heavy atom. The van der Waals surface area contributed by atoms with Crippen molar-refractivity contribution in [2.24, 2.45) is 0 Å². The molecular weight excluding hydrogens is 336 g/mol. The monoisotopic (exact) mass is 347 g/mol. The van der Waals surface area contributed by atoms with Crippen molar-refractivity contribution in [1.82, 2.24) is 0 Å². The lowest BCUT2D eigenvalue weighted by atomic mass is 10.2. The lowest BCUT2D eigenvalue weighted by Gasteiger charge is -2.07. The minimum Gasteiger partial charge on any atom is -0.467 e. The fraction of sp³-hybridized carbons (Fsp3) is 0.167. The molecule has 2 rings (SSSR count). The molecule has 0 aliphatic rings. The number of halogens is 2. The normalized spacial score (nSPS) is 10.4. The Kier molecular flexibility index (Phi) is 3.76. The largest absolute Gasteiger partial charge is 0.467 e. The molecule has 0 amide bonds. The molecule has 0 saturated heterocycles. The third-order valence-corrected chi connectivity index (χ3v) is 3.47. The van der Waals surface area contributed by atoms with Gasteiger partial charge in [0.05, 0.1) is 12.8 Å². The van der Waals surface area contributed by atoms with Crippen LogP contribution in [0.25, 0.3) is 0 Å². The summed E-state index contributed by atoms with van der Waals surface area (Å²) in [7, 11) is 0. The number of hydrogen-bond acceptors (Lipinski definition) is 2. The average Bonchev–Trinajstić information content (AvgIpc) is 2.63. The van der Waals surface area contributed by atoms with E-state index in [1.807, 2.05) is 31.2 Å². The number of benzene rings is 1. The summed E-state index contributed by atoms with van der Waals surface area (Å²) in [5.74, 6) is 0.964. The summed E-state index contributed by atoms with van der Waals surface area (Å²) in [6.45, 7) is 2.73. The SMILES string of the molecule is Cc1ccoc1CNc1ccc(Cl)cc1I. The van der Waals surface area contributed by atoms with E-state index >= 15 is 0 Å². The van der Waals surface area contributed by atoms with Gasteiger partial charge in [-0.2, -0.15) is 0 Å². The Morgan fingerprint density at radius 2 is 2.19 bits per heavy atom. The Balaban J connectivity index is 2.08. The molecule has 0 atom stereocenters. The minimum atomic E-state index is 0.691. The highest BCUT2D eigenvalue weighted by atomic mass is 127. The summed E-state index contributed by atoms with van der Waals surface area (Å²) in [6, 6.07) is 7.74. The molecule has 0 aliphatic heterocycles. The third-order valence-electron chi connectivity index (χ3n) is 2.34. The molecule has 4 heteroatoms. The maximum atomic E-state index is 5.89. The van der Waals surface area contributed by atoms with Crippen LogP contribution in [0.1, 0.15) is 11.3 Å². The van der Waals surface area contributed by atoms with Gasteiger partial charge in [-0.3, -0.25) is 0 Å². The van der Waals surface area contributed by atoms with Gasteiger partial charge in [0.15, 0.2) is 0 Å². The number of hydrogen-bond donors (Lipinski definition) is 1. The Hall–Kier alpha value is -0.680. The predicted molar refractivity (Wildman–Crippen MR) is 74.9 cm³/mol. The van der Waals surface area contributed by atoms with Crippen molar-refractivity contribution >= 4 is 39.9 Å². The third kappa shape index (κ3) is 2.71. The Morgan fingerprint density at radius 1 is 1.38 bits per heavy atom. The Bertz CT molecular complexity index is 496. The molecular formula is C12H11ClINO. The molecule has 1 N–H and O–H groups in total. The van der Waals surface area contributed by atoms with Crippen LogP contribution in [0, 0.1) is 10.5 Å². The van der Waals surface area contributed by atoms with Gasteiger partial charge in [-0.15, -0.1) is 0 Å². The molecule has 1 aromatic heterocycles. The van der Waals surface area contributed by atoms with Gasteiger partial charge in [-0.05, 0) is 59.3 Å². The van der Waals surface area contributed by atoms with E-state index in [0.29, 0.717) is 6.54 Å². The lowest BCUT2D eigenvalue weighted by Crippen LogP contribution is -2.00. The first-order valence-electron chi connectivity index (χ1n) is 4.88. The fourth-order valence-corrected chi connectivity index (χ4v) is 2.46. The summed E-state index contributed by atoms with van der Waals surface area (Å²) in [6.07, 6.45) is 1.71. The molecule has 0 saturated carbocycles. The average molecular weight is 348 g/mol. The van der Waals surface area contributed by atoms with Crippen LogP contribution in [-0.4, -0.2) is 0 Å². The van der Waals surface area contributed by atoms with Crippen LogP contribution in [0.5, 0.6) is 0 Å². The van der Waals surface area contributed by atoms with E-state index in [0.717, 1.165) is 25.6 Å². The topological polar surface area (TPSA) is 25.2 Å². The second-order valence-electron chi connectivity index (χ2n) is 3.50. The van der Waals surface area contributed by atoms with E-state index < -0.39 is 0 Å². The van der Waals surface area contributed by atoms with Crippen LogP contribution >= 0.6 is 34.2 Å². The molecule has 0 fully saturated rings. The standard InChI is InChI=1S/C12H11ClINO/c1-8-4-5-16-12(8)7-15-11-3-2-9(13)6-10(11)14/h2-6,15H,7H2,1H3. The van der Waals surface area contributed by atoms with Gasteiger partial charge in [-0.1, -0.05) is 11.6 Å². The zero-order chi connectivity index (χ0) is 11.5. The number of furan rings is 1. The van der Waals surface area contributed by atoms with E-state index in [1.54, 1.807) is 6.26 Å². The molecule has 2 nitrogen and oxygen atoms in total. The molecule has 1 aromatic carbocycles. The summed E-state index contributed by atoms with van der Waals surface area (Å²) in [5.41, 5.74) is 2.23. The highest BCUT2D eigenvalue weighted by Crippen LogP contribution is 2.23. The second-order valence-corrected chi connectivity index (χ2v) is 5.10. The van der Waals surface area contributed by atoms with E-state index in [4.69, 9.17) is 16.0 Å². The smallest absolute Gasteiger partial charge is 0.125 e. The van der Waals surface area contributed by atoms with Crippen molar-refractivity contribution in [3.63, 3.8) is 0 Å². The van der Waals surface area contributed by atoms with Gasteiger partial charge in [0, 0.05) is 14.3 Å². The van der Waals surface area contributed by atoms with E-state index in [2.05, 4.69) is 27.9 Å². The molecule has 0 radical (unpaired) electrons. The fourth-order valence-electron chi connectivity index (χ4n) is 1.39. The van der Waals surface area contributed by atoms with Crippen LogP contribution in [0.3, 0.4) is 0 Å². The molecule has 1 heterocycles. The number of anilines is 1. The van der Waals surface area contributed by atoms with Crippen LogP contribution < -0.4 is 5.32 Å². The lowest BCUT2D eigenvalue weighted by molar-refractivity contribution is 0.515. The second kappa shape index (κ2) is 5.10. The number of rotatable bonds is 3. The van der Waals surface area contributed by atoms with E-state index in [1.165, 1.54) is 0 Å². The maximum Gasteiger partial charge on any atom is 0.125 e. The van der Waals surface area contributed by atoms with Crippen molar-refractivity contribution in [3.8, 4) is 0 Å². The quantitative estimate of drug-likeness (QED) is 0.829. The predicted octanol–water partition coefficient (Wildman–Crippen LogP) is 4.46. The first-order chi connectivity index (χ1) is 7.66. The van der Waals surface area contributed by atoms with Crippen molar-refractivity contribution in [2.75, 3.05) is 5.32 Å². The highest BCUT2D eigenvalue weighted by molar-refractivity contribution is 14.1. The van der Waals surface area contributed by atoms with Crippen molar-refractivity contribution in [1.29, 1.82) is 0 Å². The summed E-state index contributed by atoms with van der Waals surface area (Å²) < 4.78 is 6.46. The number of aryl methyl sites for hydroxylation is 1. The van der Waals surface area contributed by atoms with Gasteiger partial charge >= 0.3 is 0 Å². The van der Waals surface area contributed by atoms with E-state index in [9.17, 15) is 0 Å². The highest BCUT2D eigenvalue weighted by Gasteiger charge is 2.04. The van der Waals surface area contributed by atoms with Gasteiger partial charge in [0.1, 0.15) is 5.76 Å². The van der Waals surface area contributed by atoms with Gasteiger partial charge in [-0.25, -0.2) is 0 Å². The zero-order valence-electron chi connectivity index (χ0n) is 8.76. The van der Waals surface area contributed by atoms with Crippen LogP contribution in [0.2, 0.25) is 5.02 Å². The summed E-state index contributed by atoms with van der Waals surface area (Å²) in [5, 5.41) is 4.08. The van der Waals surface area contributed by atoms with Crippen molar-refractivity contribution < 1.29 is 4.42 Å². The molecule has 0 bridgehead atoms.